The Balaban J connectivity index is 4.19. The summed E-state index contributed by atoms with van der Waals surface area (Å²) in [5.74, 6) is -0.00389. The molecule has 0 aromatic heterocycles. The van der Waals surface area contributed by atoms with E-state index >= 15 is 0 Å². The summed E-state index contributed by atoms with van der Waals surface area (Å²) in [7, 11) is 3.85. The van der Waals surface area contributed by atoms with E-state index in [9.17, 15) is 9.59 Å². The van der Waals surface area contributed by atoms with Gasteiger partial charge in [-0.2, -0.15) is 0 Å². The predicted molar refractivity (Wildman–Crippen MR) is 81.5 cm³/mol. The van der Waals surface area contributed by atoms with Crippen molar-refractivity contribution in [2.24, 2.45) is 5.92 Å². The SMILES string of the molecule is BC(B)(CNC(=O)OC(C)(C)C)SC(=O)C(C)C. The average molecular weight is 271 g/mol. The molecule has 0 aliphatic heterocycles. The van der Waals surface area contributed by atoms with Crippen LogP contribution in [-0.4, -0.2) is 43.6 Å². The van der Waals surface area contributed by atoms with Gasteiger partial charge in [0.15, 0.2) is 5.12 Å². The minimum atomic E-state index is -0.505. The molecule has 0 rings (SSSR count). The second-order valence-corrected chi connectivity index (χ2v) is 7.90. The van der Waals surface area contributed by atoms with Crippen molar-refractivity contribution in [3.63, 3.8) is 0 Å². The molecule has 7 heteroatoms. The van der Waals surface area contributed by atoms with Gasteiger partial charge in [-0.3, -0.25) is 4.79 Å². The Labute approximate surface area is 116 Å². The smallest absolute Gasteiger partial charge is 0.407 e. The minimum Gasteiger partial charge on any atom is -0.444 e. The number of thioether (sulfide) groups is 1. The van der Waals surface area contributed by atoms with Crippen LogP contribution < -0.4 is 5.32 Å². The molecular weight excluding hydrogens is 248 g/mol. The van der Waals surface area contributed by atoms with Gasteiger partial charge >= 0.3 is 6.09 Å². The molecule has 0 fully saturated rings. The number of alkyl carbamates (subject to hydrolysis) is 1. The fourth-order valence-electron chi connectivity index (χ4n) is 1.03. The highest BCUT2D eigenvalue weighted by Gasteiger charge is 2.26. The first-order valence-corrected chi connectivity index (χ1v) is 6.94. The second kappa shape index (κ2) is 6.55. The van der Waals surface area contributed by atoms with Crippen molar-refractivity contribution < 1.29 is 14.3 Å². The highest BCUT2D eigenvalue weighted by Crippen LogP contribution is 2.22. The number of ether oxygens (including phenoxy) is 1. The van der Waals surface area contributed by atoms with Crippen molar-refractivity contribution >= 4 is 38.7 Å². The van der Waals surface area contributed by atoms with Crippen molar-refractivity contribution in [1.82, 2.24) is 5.32 Å². The molecule has 0 aliphatic rings. The number of hydrogen-bond donors (Lipinski definition) is 1. The highest BCUT2D eigenvalue weighted by molar-refractivity contribution is 8.16. The molecule has 0 saturated heterocycles. The minimum absolute atomic E-state index is 0.00389. The number of rotatable bonds is 4. The lowest BCUT2D eigenvalue weighted by Crippen LogP contribution is -2.44. The largest absolute Gasteiger partial charge is 0.444 e. The standard InChI is InChI=1S/C11H23B2NO3S/c1-7(2)8(15)18-11(12,13)6-14-9(16)17-10(3,4)5/h7H,6,12-13H2,1-5H3,(H,14,16). The summed E-state index contributed by atoms with van der Waals surface area (Å²) in [6.45, 7) is 9.57. The van der Waals surface area contributed by atoms with Gasteiger partial charge in [-0.15, -0.1) is 0 Å². The van der Waals surface area contributed by atoms with Gasteiger partial charge in [-0.05, 0) is 25.3 Å². The molecule has 0 aromatic carbocycles. The van der Waals surface area contributed by atoms with Crippen molar-refractivity contribution in [1.29, 1.82) is 0 Å². The van der Waals surface area contributed by atoms with Gasteiger partial charge in [-0.25, -0.2) is 4.79 Å². The molecule has 0 heterocycles. The Morgan fingerprint density at radius 2 is 1.78 bits per heavy atom. The van der Waals surface area contributed by atoms with Gasteiger partial charge in [0, 0.05) is 12.5 Å². The van der Waals surface area contributed by atoms with Crippen LogP contribution in [0.5, 0.6) is 0 Å². The molecule has 0 radical (unpaired) electrons. The molecule has 0 aliphatic carbocycles. The van der Waals surface area contributed by atoms with E-state index in [2.05, 4.69) is 5.32 Å². The quantitative estimate of drug-likeness (QED) is 0.749. The Morgan fingerprint density at radius 1 is 1.28 bits per heavy atom. The summed E-state index contributed by atoms with van der Waals surface area (Å²) in [6, 6.07) is 0. The normalized spacial score (nSPS) is 12.3. The zero-order valence-electron chi connectivity index (χ0n) is 12.4. The fraction of sp³-hybridized carbons (Fsp3) is 0.818. The van der Waals surface area contributed by atoms with Crippen LogP contribution in [0, 0.1) is 5.92 Å². The van der Waals surface area contributed by atoms with E-state index in [0.29, 0.717) is 6.54 Å². The zero-order chi connectivity index (χ0) is 14.6. The van der Waals surface area contributed by atoms with Crippen LogP contribution in [0.4, 0.5) is 4.79 Å². The molecule has 18 heavy (non-hydrogen) atoms. The summed E-state index contributed by atoms with van der Waals surface area (Å²) >= 11 is 1.26. The van der Waals surface area contributed by atoms with E-state index < -0.39 is 11.7 Å². The highest BCUT2D eigenvalue weighted by atomic mass is 32.2. The van der Waals surface area contributed by atoms with Crippen LogP contribution in [-0.2, 0) is 9.53 Å². The molecule has 0 unspecified atom stereocenters. The Morgan fingerprint density at radius 3 is 2.17 bits per heavy atom. The second-order valence-electron chi connectivity index (χ2n) is 6.19. The van der Waals surface area contributed by atoms with Gasteiger partial charge in [0.05, 0.1) is 0 Å². The maximum Gasteiger partial charge on any atom is 0.407 e. The fourth-order valence-corrected chi connectivity index (χ4v) is 1.95. The average Bonchev–Trinajstić information content (AvgIpc) is 2.11. The summed E-state index contributed by atoms with van der Waals surface area (Å²) in [6.07, 6.45) is -0.451. The molecule has 1 amide bonds. The third-order valence-corrected chi connectivity index (χ3v) is 3.28. The van der Waals surface area contributed by atoms with Gasteiger partial charge in [0.2, 0.25) is 0 Å². The van der Waals surface area contributed by atoms with Crippen molar-refractivity contribution in [2.45, 2.75) is 44.8 Å². The summed E-state index contributed by atoms with van der Waals surface area (Å²) < 4.78 is 4.81. The number of amides is 1. The molecule has 0 saturated carbocycles. The van der Waals surface area contributed by atoms with Crippen molar-refractivity contribution in [3.8, 4) is 0 Å². The molecular formula is C11H23B2NO3S. The van der Waals surface area contributed by atoms with Crippen LogP contribution in [0.15, 0.2) is 0 Å². The summed E-state index contributed by atoms with van der Waals surface area (Å²) in [5, 5.41) is 2.82. The lowest BCUT2D eigenvalue weighted by Gasteiger charge is -2.26. The van der Waals surface area contributed by atoms with Crippen molar-refractivity contribution in [3.05, 3.63) is 0 Å². The molecule has 0 bridgehead atoms. The lowest BCUT2D eigenvalue weighted by molar-refractivity contribution is -0.113. The maximum absolute atomic E-state index is 11.7. The first-order chi connectivity index (χ1) is 7.93. The van der Waals surface area contributed by atoms with E-state index in [-0.39, 0.29) is 15.6 Å². The Kier molecular flexibility index (Phi) is 6.34. The van der Waals surface area contributed by atoms with E-state index in [0.717, 1.165) is 0 Å². The number of nitrogens with one attached hydrogen (secondary N) is 1. The van der Waals surface area contributed by atoms with E-state index in [4.69, 9.17) is 4.74 Å². The van der Waals surface area contributed by atoms with Crippen molar-refractivity contribution in [2.75, 3.05) is 6.54 Å². The number of hydrogen-bond acceptors (Lipinski definition) is 4. The summed E-state index contributed by atoms with van der Waals surface area (Å²) in [5.41, 5.74) is -0.505. The van der Waals surface area contributed by atoms with Gasteiger partial charge in [0.25, 0.3) is 0 Å². The van der Waals surface area contributed by atoms with Crippen LogP contribution in [0.2, 0.25) is 0 Å². The molecule has 4 nitrogen and oxygen atoms in total. The first kappa shape index (κ1) is 17.4. The molecule has 1 N–H and O–H groups in total. The zero-order valence-corrected chi connectivity index (χ0v) is 13.2. The van der Waals surface area contributed by atoms with Crippen LogP contribution in [0.1, 0.15) is 34.6 Å². The third kappa shape index (κ3) is 8.50. The van der Waals surface area contributed by atoms with Gasteiger partial charge < -0.3 is 10.1 Å². The first-order valence-electron chi connectivity index (χ1n) is 6.13. The number of carbonyl (C=O) groups is 2. The predicted octanol–water partition coefficient (Wildman–Crippen LogP) is 0.347. The number of carbonyl (C=O) groups excluding carboxylic acids is 2. The Bertz CT molecular complexity index is 314. The van der Waals surface area contributed by atoms with Crippen LogP contribution >= 0.6 is 11.8 Å². The summed E-state index contributed by atoms with van der Waals surface area (Å²) in [4.78, 5) is 23.1. The maximum atomic E-state index is 11.7. The van der Waals surface area contributed by atoms with E-state index in [1.807, 2.05) is 50.3 Å². The van der Waals surface area contributed by atoms with Gasteiger partial charge in [0.1, 0.15) is 21.3 Å². The van der Waals surface area contributed by atoms with Crippen LogP contribution in [0.25, 0.3) is 0 Å². The molecule has 0 atom stereocenters. The van der Waals surface area contributed by atoms with Gasteiger partial charge in [-0.1, -0.05) is 25.6 Å². The third-order valence-electron chi connectivity index (χ3n) is 1.91. The lowest BCUT2D eigenvalue weighted by atomic mass is 9.69. The Hall–Kier alpha value is -0.580. The monoisotopic (exact) mass is 271 g/mol. The van der Waals surface area contributed by atoms with E-state index in [1.165, 1.54) is 11.8 Å². The molecule has 0 spiro atoms. The topological polar surface area (TPSA) is 55.4 Å². The van der Waals surface area contributed by atoms with Crippen LogP contribution in [0.3, 0.4) is 0 Å². The molecule has 102 valence electrons. The van der Waals surface area contributed by atoms with E-state index in [1.54, 1.807) is 0 Å². The molecule has 0 aromatic rings.